The average Bonchev–Trinajstić information content (AvgIpc) is 3.18. The molecule has 2 aromatic rings. The Morgan fingerprint density at radius 3 is 2.07 bits per heavy atom. The highest BCUT2D eigenvalue weighted by molar-refractivity contribution is 7.89. The van der Waals surface area contributed by atoms with Gasteiger partial charge in [-0.1, -0.05) is 83.3 Å². The third kappa shape index (κ3) is 15.2. The van der Waals surface area contributed by atoms with Crippen molar-refractivity contribution < 1.29 is 42.6 Å². The lowest BCUT2D eigenvalue weighted by Gasteiger charge is -2.32. The Hall–Kier alpha value is -4.54. The number of Topliss-reactive ketones (excluding diaryl/α,β-unsaturated/α-hetero) is 1. The number of carbonyl (C=O) groups is 5. The number of hydrogen-bond acceptors (Lipinski definition) is 10. The molecule has 0 aromatic heterocycles. The standard InChI is InChI=1S/C43H66N6O9S/c1-6-7-8-9-10-11-12-13-14-17-24-59(57,58)48-35(18-15-16-23-44)43(56)49(5)39-32-20-22-38(52)34(27-32)33-25-31(19-21-37(33)51)26-36(41(54)45-28(2)30(4)50)47-40(53)29(3)46-42(39)55/h19-22,25,27-29,35-36,39,48,51-52H,6-18,23-24,26,44H2,1-5H3,(H,45,54)(H,46,55)(H,47,53)/t28-,29-,35-,36-,39-/m0/s1. The topological polar surface area (TPSA) is 237 Å². The van der Waals surface area contributed by atoms with Crippen LogP contribution < -0.4 is 26.4 Å². The zero-order chi connectivity index (χ0) is 43.7. The molecule has 328 valence electrons. The number of rotatable bonds is 22. The van der Waals surface area contributed by atoms with E-state index in [9.17, 15) is 42.6 Å². The minimum Gasteiger partial charge on any atom is -0.507 e. The number of nitrogens with zero attached hydrogens (tertiary/aromatic N) is 1. The third-order valence-corrected chi connectivity index (χ3v) is 12.3. The largest absolute Gasteiger partial charge is 0.507 e. The van der Waals surface area contributed by atoms with E-state index in [1.54, 1.807) is 6.07 Å². The number of nitrogens with one attached hydrogen (secondary N) is 4. The van der Waals surface area contributed by atoms with Crippen LogP contribution >= 0.6 is 0 Å². The number of carbonyl (C=O) groups excluding carboxylic acids is 5. The van der Waals surface area contributed by atoms with Crippen molar-refractivity contribution in [3.63, 3.8) is 0 Å². The molecule has 0 saturated heterocycles. The molecule has 0 unspecified atom stereocenters. The summed E-state index contributed by atoms with van der Waals surface area (Å²) < 4.78 is 29.4. The van der Waals surface area contributed by atoms with Gasteiger partial charge in [0.1, 0.15) is 35.7 Å². The van der Waals surface area contributed by atoms with Crippen molar-refractivity contribution in [1.82, 2.24) is 25.6 Å². The van der Waals surface area contributed by atoms with Crippen LogP contribution in [-0.2, 0) is 40.4 Å². The van der Waals surface area contributed by atoms with Gasteiger partial charge in [-0.15, -0.1) is 0 Å². The molecule has 1 aliphatic heterocycles. The Bertz CT molecular complexity index is 1860. The Balaban J connectivity index is 1.95. The fourth-order valence-corrected chi connectivity index (χ4v) is 8.44. The Labute approximate surface area is 349 Å². The van der Waals surface area contributed by atoms with Gasteiger partial charge in [0, 0.05) is 24.6 Å². The van der Waals surface area contributed by atoms with Gasteiger partial charge in [0.15, 0.2) is 5.78 Å². The van der Waals surface area contributed by atoms with Gasteiger partial charge in [-0.25, -0.2) is 13.1 Å². The van der Waals surface area contributed by atoms with Crippen LogP contribution in [0.5, 0.6) is 11.5 Å². The van der Waals surface area contributed by atoms with E-state index in [0.29, 0.717) is 31.4 Å². The normalized spacial score (nSPS) is 18.2. The van der Waals surface area contributed by atoms with E-state index in [1.165, 1.54) is 90.3 Å². The van der Waals surface area contributed by atoms with Crippen molar-refractivity contribution >= 4 is 39.4 Å². The van der Waals surface area contributed by atoms with Crippen LogP contribution in [0.3, 0.4) is 0 Å². The van der Waals surface area contributed by atoms with Gasteiger partial charge >= 0.3 is 0 Å². The Kier molecular flexibility index (Phi) is 19.8. The molecule has 16 heteroatoms. The highest BCUT2D eigenvalue weighted by atomic mass is 32.2. The summed E-state index contributed by atoms with van der Waals surface area (Å²) in [5, 5.41) is 29.9. The molecule has 59 heavy (non-hydrogen) atoms. The summed E-state index contributed by atoms with van der Waals surface area (Å²) in [7, 11) is -2.56. The molecule has 8 N–H and O–H groups in total. The molecule has 3 rings (SSSR count). The highest BCUT2D eigenvalue weighted by Gasteiger charge is 2.36. The number of amides is 4. The number of phenolic OH excluding ortho intramolecular Hbond substituents is 2. The van der Waals surface area contributed by atoms with Crippen LogP contribution in [0.1, 0.15) is 128 Å². The predicted octanol–water partition coefficient (Wildman–Crippen LogP) is 4.24. The molecule has 1 aliphatic rings. The molecule has 2 aromatic carbocycles. The summed E-state index contributed by atoms with van der Waals surface area (Å²) in [6, 6.07) is 2.64. The summed E-state index contributed by atoms with van der Waals surface area (Å²) in [4.78, 5) is 68.7. The summed E-state index contributed by atoms with van der Waals surface area (Å²) in [5.41, 5.74) is 6.67. The van der Waals surface area contributed by atoms with Gasteiger partial charge in [0.05, 0.1) is 11.8 Å². The highest BCUT2D eigenvalue weighted by Crippen LogP contribution is 2.39. The van der Waals surface area contributed by atoms with E-state index in [-0.39, 0.29) is 52.6 Å². The van der Waals surface area contributed by atoms with Crippen molar-refractivity contribution in [2.75, 3.05) is 19.3 Å². The second-order valence-electron chi connectivity index (χ2n) is 15.8. The first kappa shape index (κ1) is 48.8. The number of phenols is 2. The number of ketones is 1. The van der Waals surface area contributed by atoms with Crippen LogP contribution in [0.2, 0.25) is 0 Å². The Morgan fingerprint density at radius 2 is 1.46 bits per heavy atom. The molecule has 0 radical (unpaired) electrons. The first-order chi connectivity index (χ1) is 28.0. The smallest absolute Gasteiger partial charge is 0.248 e. The van der Waals surface area contributed by atoms with E-state index in [4.69, 9.17) is 5.73 Å². The number of benzene rings is 2. The predicted molar refractivity (Wildman–Crippen MR) is 228 cm³/mol. The van der Waals surface area contributed by atoms with Crippen LogP contribution in [0, 0.1) is 0 Å². The van der Waals surface area contributed by atoms with Crippen molar-refractivity contribution in [1.29, 1.82) is 0 Å². The molecular formula is C43H66N6O9S. The lowest BCUT2D eigenvalue weighted by Crippen LogP contribution is -2.56. The second kappa shape index (κ2) is 23.9. The summed E-state index contributed by atoms with van der Waals surface area (Å²) in [6.45, 7) is 6.74. The van der Waals surface area contributed by atoms with Crippen molar-refractivity contribution in [3.05, 3.63) is 47.5 Å². The third-order valence-electron chi connectivity index (χ3n) is 10.8. The Morgan fingerprint density at radius 1 is 0.864 bits per heavy atom. The van der Waals surface area contributed by atoms with Crippen LogP contribution in [0.15, 0.2) is 36.4 Å². The molecule has 4 amide bonds. The number of sulfonamides is 1. The summed E-state index contributed by atoms with van der Waals surface area (Å²) >= 11 is 0. The van der Waals surface area contributed by atoms with Crippen molar-refractivity contribution in [3.8, 4) is 22.6 Å². The van der Waals surface area contributed by atoms with Gasteiger partial charge < -0.3 is 36.8 Å². The van der Waals surface area contributed by atoms with Crippen LogP contribution in [0.25, 0.3) is 11.1 Å². The number of aromatic hydroxyl groups is 2. The van der Waals surface area contributed by atoms with Gasteiger partial charge in [-0.2, -0.15) is 0 Å². The van der Waals surface area contributed by atoms with Crippen molar-refractivity contribution in [2.24, 2.45) is 5.73 Å². The van der Waals surface area contributed by atoms with E-state index >= 15 is 0 Å². The van der Waals surface area contributed by atoms with Gasteiger partial charge in [-0.3, -0.25) is 24.0 Å². The molecule has 5 atom stereocenters. The molecule has 15 nitrogen and oxygen atoms in total. The van der Waals surface area contributed by atoms with E-state index < -0.39 is 63.9 Å². The zero-order valence-electron chi connectivity index (χ0n) is 35.3. The number of nitrogens with two attached hydrogens (primary N) is 1. The monoisotopic (exact) mass is 842 g/mol. The quantitative estimate of drug-likeness (QED) is 0.0833. The van der Waals surface area contributed by atoms with Gasteiger partial charge in [0.25, 0.3) is 0 Å². The fourth-order valence-electron chi connectivity index (χ4n) is 7.09. The molecule has 0 aliphatic carbocycles. The molecule has 0 saturated carbocycles. The molecule has 1 heterocycles. The molecular weight excluding hydrogens is 777 g/mol. The maximum Gasteiger partial charge on any atom is 0.248 e. The molecule has 4 bridgehead atoms. The van der Waals surface area contributed by atoms with Crippen molar-refractivity contribution in [2.45, 2.75) is 148 Å². The van der Waals surface area contributed by atoms with Crippen LogP contribution in [0.4, 0.5) is 0 Å². The summed E-state index contributed by atoms with van der Waals surface area (Å²) in [5.74, 6) is -3.87. The molecule has 0 spiro atoms. The van der Waals surface area contributed by atoms with Crippen LogP contribution in [-0.4, -0.2) is 96.5 Å². The zero-order valence-corrected chi connectivity index (χ0v) is 36.2. The first-order valence-electron chi connectivity index (χ1n) is 21.0. The number of unbranched alkanes of at least 4 members (excludes halogenated alkanes) is 10. The summed E-state index contributed by atoms with van der Waals surface area (Å²) in [6.07, 6.45) is 11.3. The first-order valence-corrected chi connectivity index (χ1v) is 22.7. The van der Waals surface area contributed by atoms with E-state index in [2.05, 4.69) is 27.6 Å². The molecule has 0 fully saturated rings. The lowest BCUT2D eigenvalue weighted by molar-refractivity contribution is -0.141. The maximum atomic E-state index is 14.4. The minimum atomic E-state index is -3.92. The van der Waals surface area contributed by atoms with E-state index in [0.717, 1.165) is 30.6 Å². The van der Waals surface area contributed by atoms with Gasteiger partial charge in [0.2, 0.25) is 33.7 Å². The minimum absolute atomic E-state index is 0.0723. The van der Waals surface area contributed by atoms with E-state index in [1.807, 2.05) is 0 Å². The number of fused-ring (bicyclic) bond motifs is 5. The number of likely N-dealkylation sites (N-methyl/N-ethyl adjacent to an activating group) is 1. The van der Waals surface area contributed by atoms with Gasteiger partial charge in [-0.05, 0) is 82.0 Å². The average molecular weight is 843 g/mol. The fraction of sp³-hybridized carbons (Fsp3) is 0.605. The maximum absolute atomic E-state index is 14.4. The second-order valence-corrected chi connectivity index (χ2v) is 17.6. The number of hydrogen-bond donors (Lipinski definition) is 7. The SMILES string of the molecule is CCCCCCCCCCCCS(=O)(=O)N[C@@H](CCCCN)C(=O)N(C)[C@@H]1C(=O)N[C@@H](C)C(=O)N[C@H](C(=O)N[C@@H](C)C(C)=O)Cc2ccc(O)c(c2)-c2cc1ccc2O. The lowest BCUT2D eigenvalue weighted by atomic mass is 9.93.